The van der Waals surface area contributed by atoms with Gasteiger partial charge in [0.1, 0.15) is 5.69 Å². The largest absolute Gasteiger partial charge is 0.479 e. The monoisotopic (exact) mass is 404 g/mol. The summed E-state index contributed by atoms with van der Waals surface area (Å²) in [6.45, 7) is 0. The fraction of sp³-hybridized carbons (Fsp3) is 0.0833. The molecule has 0 saturated heterocycles. The van der Waals surface area contributed by atoms with Gasteiger partial charge in [-0.3, -0.25) is 10.1 Å². The van der Waals surface area contributed by atoms with Gasteiger partial charge < -0.3 is 10.4 Å². The highest BCUT2D eigenvalue weighted by Crippen LogP contribution is 2.31. The van der Waals surface area contributed by atoms with Crippen LogP contribution in [0.1, 0.15) is 10.9 Å². The van der Waals surface area contributed by atoms with Gasteiger partial charge in [0.05, 0.1) is 4.92 Å². The molecule has 1 unspecified atom stereocenters. The molecule has 0 radical (unpaired) electrons. The Labute approximate surface area is 131 Å². The molecule has 0 bridgehead atoms. The average molecular weight is 404 g/mol. The van der Waals surface area contributed by atoms with E-state index >= 15 is 0 Å². The lowest BCUT2D eigenvalue weighted by Crippen LogP contribution is -2.20. The van der Waals surface area contributed by atoms with Gasteiger partial charge in [-0.15, -0.1) is 11.3 Å². The van der Waals surface area contributed by atoms with E-state index in [1.54, 1.807) is 23.6 Å². The number of carboxylic acids is 1. The second-order valence-corrected chi connectivity index (χ2v) is 6.07. The number of nitro groups is 1. The smallest absolute Gasteiger partial charge is 0.331 e. The lowest BCUT2D eigenvalue weighted by atomic mass is 10.2. The zero-order valence-corrected chi connectivity index (χ0v) is 12.9. The highest BCUT2D eigenvalue weighted by Gasteiger charge is 2.24. The van der Waals surface area contributed by atoms with Crippen LogP contribution in [0.2, 0.25) is 0 Å². The van der Waals surface area contributed by atoms with Gasteiger partial charge in [-0.2, -0.15) is 0 Å². The summed E-state index contributed by atoms with van der Waals surface area (Å²) >= 11 is 3.25. The molecular weight excluding hydrogens is 395 g/mol. The van der Waals surface area contributed by atoms with E-state index in [2.05, 4.69) is 5.32 Å². The highest BCUT2D eigenvalue weighted by molar-refractivity contribution is 14.1. The van der Waals surface area contributed by atoms with Crippen molar-refractivity contribution in [3.8, 4) is 0 Å². The minimum atomic E-state index is -1.08. The summed E-state index contributed by atoms with van der Waals surface area (Å²) in [7, 11) is 0. The molecule has 1 heterocycles. The van der Waals surface area contributed by atoms with Crippen molar-refractivity contribution in [2.75, 3.05) is 5.32 Å². The Morgan fingerprint density at radius 1 is 1.45 bits per heavy atom. The summed E-state index contributed by atoms with van der Waals surface area (Å²) in [6.07, 6.45) is 0. The average Bonchev–Trinajstić information content (AvgIpc) is 2.90. The standard InChI is InChI=1S/C12H9IN2O4S/c13-7-3-4-8(9(6-7)15(18)19)14-11(12(16)17)10-2-1-5-20-10/h1-6,11,14H,(H,16,17). The van der Waals surface area contributed by atoms with Crippen LogP contribution in [0.15, 0.2) is 35.7 Å². The molecule has 0 spiro atoms. The number of thiophene rings is 1. The summed E-state index contributed by atoms with van der Waals surface area (Å²) < 4.78 is 0.711. The Kier molecular flexibility index (Phi) is 4.55. The van der Waals surface area contributed by atoms with Crippen molar-refractivity contribution >= 4 is 51.3 Å². The van der Waals surface area contributed by atoms with E-state index in [1.807, 2.05) is 22.6 Å². The first kappa shape index (κ1) is 14.7. The molecule has 1 atom stereocenters. The van der Waals surface area contributed by atoms with Crippen molar-refractivity contribution in [2.45, 2.75) is 6.04 Å². The summed E-state index contributed by atoms with van der Waals surface area (Å²) in [6, 6.07) is 7.01. The van der Waals surface area contributed by atoms with Gasteiger partial charge in [-0.1, -0.05) is 6.07 Å². The van der Waals surface area contributed by atoms with E-state index < -0.39 is 16.9 Å². The number of aliphatic carboxylic acids is 1. The first-order valence-corrected chi connectivity index (χ1v) is 7.41. The minimum Gasteiger partial charge on any atom is -0.479 e. The van der Waals surface area contributed by atoms with Crippen molar-refractivity contribution in [1.82, 2.24) is 0 Å². The van der Waals surface area contributed by atoms with Crippen molar-refractivity contribution in [3.05, 3.63) is 54.3 Å². The molecule has 6 nitrogen and oxygen atoms in total. The van der Waals surface area contributed by atoms with Crippen LogP contribution in [0, 0.1) is 13.7 Å². The molecule has 0 aliphatic heterocycles. The summed E-state index contributed by atoms with van der Waals surface area (Å²) in [5.74, 6) is -1.08. The zero-order chi connectivity index (χ0) is 14.7. The van der Waals surface area contributed by atoms with E-state index in [0.717, 1.165) is 0 Å². The van der Waals surface area contributed by atoms with Gasteiger partial charge in [0.2, 0.25) is 0 Å². The first-order valence-electron chi connectivity index (χ1n) is 5.45. The van der Waals surface area contributed by atoms with Crippen LogP contribution >= 0.6 is 33.9 Å². The number of hydrogen-bond donors (Lipinski definition) is 2. The van der Waals surface area contributed by atoms with Crippen molar-refractivity contribution in [1.29, 1.82) is 0 Å². The third-order valence-electron chi connectivity index (χ3n) is 2.53. The number of nitro benzene ring substituents is 1. The van der Waals surface area contributed by atoms with E-state index in [1.165, 1.54) is 23.5 Å². The molecular formula is C12H9IN2O4S. The number of halogens is 1. The van der Waals surface area contributed by atoms with Crippen LogP contribution in [0.4, 0.5) is 11.4 Å². The molecule has 0 amide bonds. The van der Waals surface area contributed by atoms with E-state index in [0.29, 0.717) is 8.45 Å². The number of nitrogens with zero attached hydrogens (tertiary/aromatic N) is 1. The summed E-state index contributed by atoms with van der Waals surface area (Å²) in [4.78, 5) is 22.4. The maximum atomic E-state index is 11.3. The third-order valence-corrected chi connectivity index (χ3v) is 4.14. The molecule has 2 aromatic rings. The van der Waals surface area contributed by atoms with Crippen LogP contribution in [0.3, 0.4) is 0 Å². The molecule has 0 saturated carbocycles. The Balaban J connectivity index is 2.37. The molecule has 0 fully saturated rings. The van der Waals surface area contributed by atoms with E-state index in [9.17, 15) is 20.0 Å². The molecule has 2 N–H and O–H groups in total. The van der Waals surface area contributed by atoms with Gasteiger partial charge in [-0.05, 0) is 46.2 Å². The number of carboxylic acid groups (broad SMARTS) is 1. The Morgan fingerprint density at radius 3 is 2.75 bits per heavy atom. The van der Waals surface area contributed by atoms with E-state index in [-0.39, 0.29) is 11.4 Å². The lowest BCUT2D eigenvalue weighted by molar-refractivity contribution is -0.384. The maximum absolute atomic E-state index is 11.3. The Hall–Kier alpha value is -1.68. The van der Waals surface area contributed by atoms with Crippen LogP contribution < -0.4 is 5.32 Å². The molecule has 2 rings (SSSR count). The quantitative estimate of drug-likeness (QED) is 0.452. The van der Waals surface area contributed by atoms with Crippen molar-refractivity contribution in [2.24, 2.45) is 0 Å². The molecule has 104 valence electrons. The number of hydrogen-bond acceptors (Lipinski definition) is 5. The molecule has 0 aliphatic carbocycles. The Morgan fingerprint density at radius 2 is 2.20 bits per heavy atom. The van der Waals surface area contributed by atoms with Gasteiger partial charge in [0.15, 0.2) is 6.04 Å². The highest BCUT2D eigenvalue weighted by atomic mass is 127. The minimum absolute atomic E-state index is 0.139. The van der Waals surface area contributed by atoms with Gasteiger partial charge >= 0.3 is 5.97 Å². The summed E-state index contributed by atoms with van der Waals surface area (Å²) in [5.41, 5.74) is 0.0518. The number of benzene rings is 1. The second-order valence-electron chi connectivity index (χ2n) is 3.85. The predicted molar refractivity (Wildman–Crippen MR) is 84.1 cm³/mol. The van der Waals surface area contributed by atoms with Crippen LogP contribution in [-0.4, -0.2) is 16.0 Å². The van der Waals surface area contributed by atoms with Gasteiger partial charge in [-0.25, -0.2) is 4.79 Å². The summed E-state index contributed by atoms with van der Waals surface area (Å²) in [5, 5.41) is 24.8. The number of anilines is 1. The fourth-order valence-electron chi connectivity index (χ4n) is 1.64. The normalized spacial score (nSPS) is 11.8. The van der Waals surface area contributed by atoms with Crippen LogP contribution in [0.5, 0.6) is 0 Å². The van der Waals surface area contributed by atoms with E-state index in [4.69, 9.17) is 0 Å². The van der Waals surface area contributed by atoms with Crippen molar-refractivity contribution in [3.63, 3.8) is 0 Å². The maximum Gasteiger partial charge on any atom is 0.331 e. The molecule has 8 heteroatoms. The fourth-order valence-corrected chi connectivity index (χ4v) is 2.89. The van der Waals surface area contributed by atoms with Crippen LogP contribution in [0.25, 0.3) is 0 Å². The number of carbonyl (C=O) groups is 1. The van der Waals surface area contributed by atoms with Gasteiger partial charge in [0, 0.05) is 14.5 Å². The first-order chi connectivity index (χ1) is 9.49. The molecule has 1 aromatic heterocycles. The SMILES string of the molecule is O=C(O)C(Nc1ccc(I)cc1[N+](=O)[O-])c1cccs1. The second kappa shape index (κ2) is 6.18. The van der Waals surface area contributed by atoms with Crippen LogP contribution in [-0.2, 0) is 4.79 Å². The number of nitrogens with one attached hydrogen (secondary N) is 1. The van der Waals surface area contributed by atoms with Crippen molar-refractivity contribution < 1.29 is 14.8 Å². The van der Waals surface area contributed by atoms with Gasteiger partial charge in [0.25, 0.3) is 5.69 Å². The Bertz CT molecular complexity index is 645. The molecule has 1 aromatic carbocycles. The molecule has 20 heavy (non-hydrogen) atoms. The lowest BCUT2D eigenvalue weighted by Gasteiger charge is -2.14. The third kappa shape index (κ3) is 3.25. The molecule has 0 aliphatic rings. The predicted octanol–water partition coefficient (Wildman–Crippen LogP) is 3.50. The number of rotatable bonds is 5. The topological polar surface area (TPSA) is 92.5 Å². The zero-order valence-electron chi connectivity index (χ0n) is 9.95.